The smallest absolute Gasteiger partial charge is 0.166 e. The molecule has 3 aromatic carbocycles. The number of halogens is 3. The minimum absolute atomic E-state index is 0.122. The van der Waals surface area contributed by atoms with Gasteiger partial charge in [0.1, 0.15) is 5.82 Å². The van der Waals surface area contributed by atoms with Gasteiger partial charge in [-0.15, -0.1) is 0 Å². The van der Waals surface area contributed by atoms with Crippen LogP contribution in [0.3, 0.4) is 0 Å². The molecule has 2 aliphatic carbocycles. The second kappa shape index (κ2) is 15.4. The fraction of sp³-hybridized carbons (Fsp3) is 0.550. The Morgan fingerprint density at radius 1 is 0.581 bits per heavy atom. The Balaban J connectivity index is 1.18. The molecule has 0 aromatic heterocycles. The Kier molecular flexibility index (Phi) is 11.4. The maximum absolute atomic E-state index is 15.4. The van der Waals surface area contributed by atoms with Crippen LogP contribution in [0.15, 0.2) is 54.6 Å². The first kappa shape index (κ1) is 31.9. The number of aryl methyl sites for hydroxylation is 1. The first-order valence-electron chi connectivity index (χ1n) is 17.4. The van der Waals surface area contributed by atoms with Gasteiger partial charge in [-0.05, 0) is 109 Å². The van der Waals surface area contributed by atoms with E-state index in [-0.39, 0.29) is 11.4 Å². The molecular formula is C40H51F3. The van der Waals surface area contributed by atoms with Crippen molar-refractivity contribution < 1.29 is 13.2 Å². The van der Waals surface area contributed by atoms with Gasteiger partial charge in [0.25, 0.3) is 0 Å². The van der Waals surface area contributed by atoms with Crippen LogP contribution in [0.1, 0.15) is 127 Å². The summed E-state index contributed by atoms with van der Waals surface area (Å²) in [6.45, 7) is 4.47. The largest absolute Gasteiger partial charge is 0.207 e. The van der Waals surface area contributed by atoms with E-state index in [1.165, 1.54) is 57.8 Å². The molecule has 0 nitrogen and oxygen atoms in total. The number of hydrogen-bond acceptors (Lipinski definition) is 0. The molecule has 2 saturated carbocycles. The highest BCUT2D eigenvalue weighted by molar-refractivity contribution is 5.71. The highest BCUT2D eigenvalue weighted by Gasteiger charge is 2.31. The molecule has 0 bridgehead atoms. The monoisotopic (exact) mass is 588 g/mol. The molecule has 0 heterocycles. The fourth-order valence-electron chi connectivity index (χ4n) is 8.06. The molecule has 43 heavy (non-hydrogen) atoms. The van der Waals surface area contributed by atoms with E-state index in [9.17, 15) is 4.39 Å². The highest BCUT2D eigenvalue weighted by Crippen LogP contribution is 2.45. The summed E-state index contributed by atoms with van der Waals surface area (Å²) in [5.74, 6) is 1.32. The van der Waals surface area contributed by atoms with Gasteiger partial charge in [0, 0.05) is 5.56 Å². The van der Waals surface area contributed by atoms with Crippen LogP contribution < -0.4 is 0 Å². The normalized spacial score (nSPS) is 22.5. The van der Waals surface area contributed by atoms with Crippen molar-refractivity contribution in [3.63, 3.8) is 0 Å². The van der Waals surface area contributed by atoms with E-state index >= 15 is 8.78 Å². The van der Waals surface area contributed by atoms with Crippen LogP contribution in [0, 0.1) is 35.2 Å². The Labute approximate surface area is 258 Å². The van der Waals surface area contributed by atoms with Crippen LogP contribution in [-0.2, 0) is 6.42 Å². The van der Waals surface area contributed by atoms with Crippen molar-refractivity contribution in [3.8, 4) is 22.3 Å². The predicted molar refractivity (Wildman–Crippen MR) is 175 cm³/mol. The average Bonchev–Trinajstić information content (AvgIpc) is 3.04. The van der Waals surface area contributed by atoms with Crippen molar-refractivity contribution in [2.24, 2.45) is 17.8 Å². The summed E-state index contributed by atoms with van der Waals surface area (Å²) in [4.78, 5) is 0. The highest BCUT2D eigenvalue weighted by atomic mass is 19.2. The molecular weight excluding hydrogens is 537 g/mol. The van der Waals surface area contributed by atoms with Crippen molar-refractivity contribution in [2.75, 3.05) is 0 Å². The molecule has 0 spiro atoms. The molecule has 0 atom stereocenters. The Morgan fingerprint density at radius 3 is 1.86 bits per heavy atom. The maximum atomic E-state index is 15.4. The van der Waals surface area contributed by atoms with Crippen LogP contribution in [0.4, 0.5) is 13.2 Å². The number of hydrogen-bond donors (Lipinski definition) is 0. The van der Waals surface area contributed by atoms with Gasteiger partial charge in [-0.2, -0.15) is 0 Å². The van der Waals surface area contributed by atoms with Crippen molar-refractivity contribution in [1.29, 1.82) is 0 Å². The van der Waals surface area contributed by atoms with Gasteiger partial charge in [-0.3, -0.25) is 0 Å². The molecule has 5 rings (SSSR count). The van der Waals surface area contributed by atoms with Gasteiger partial charge >= 0.3 is 0 Å². The number of benzene rings is 3. The van der Waals surface area contributed by atoms with Crippen molar-refractivity contribution >= 4 is 0 Å². The lowest BCUT2D eigenvalue weighted by Crippen LogP contribution is -2.25. The third-order valence-electron chi connectivity index (χ3n) is 10.7. The molecule has 3 aromatic rings. The van der Waals surface area contributed by atoms with Gasteiger partial charge in [-0.1, -0.05) is 114 Å². The van der Waals surface area contributed by atoms with Crippen LogP contribution in [-0.4, -0.2) is 0 Å². The van der Waals surface area contributed by atoms with E-state index in [1.54, 1.807) is 30.3 Å². The van der Waals surface area contributed by atoms with E-state index in [1.807, 2.05) is 24.3 Å². The molecule has 3 heteroatoms. The van der Waals surface area contributed by atoms with Crippen molar-refractivity contribution in [2.45, 2.75) is 122 Å². The van der Waals surface area contributed by atoms with Gasteiger partial charge in [-0.25, -0.2) is 13.2 Å². The predicted octanol–water partition coefficient (Wildman–Crippen LogP) is 12.8. The average molecular weight is 589 g/mol. The van der Waals surface area contributed by atoms with E-state index in [0.29, 0.717) is 23.5 Å². The SMILES string of the molecule is CCCCCCCc1ccc(-c2ccc(-c3ccc(C4CCC(C5CCC(CCC)CC5)CC4)c(F)c3)cc2)c(F)c1F. The van der Waals surface area contributed by atoms with Gasteiger partial charge in [0.2, 0.25) is 0 Å². The summed E-state index contributed by atoms with van der Waals surface area (Å²) in [5, 5.41) is 0. The molecule has 0 radical (unpaired) electrons. The van der Waals surface area contributed by atoms with Crippen LogP contribution >= 0.6 is 0 Å². The minimum atomic E-state index is -0.784. The summed E-state index contributed by atoms with van der Waals surface area (Å²) in [7, 11) is 0. The lowest BCUT2D eigenvalue weighted by atomic mass is 9.68. The summed E-state index contributed by atoms with van der Waals surface area (Å²) in [5.41, 5.74) is 3.89. The molecule has 0 unspecified atom stereocenters. The summed E-state index contributed by atoms with van der Waals surface area (Å²) in [6.07, 6.45) is 18.9. The van der Waals surface area contributed by atoms with Gasteiger partial charge < -0.3 is 0 Å². The lowest BCUT2D eigenvalue weighted by Gasteiger charge is -2.38. The molecule has 2 fully saturated rings. The van der Waals surface area contributed by atoms with E-state index in [2.05, 4.69) is 13.8 Å². The second-order valence-corrected chi connectivity index (χ2v) is 13.6. The van der Waals surface area contributed by atoms with Crippen molar-refractivity contribution in [3.05, 3.63) is 83.2 Å². The number of rotatable bonds is 12. The Morgan fingerprint density at radius 2 is 1.21 bits per heavy atom. The quantitative estimate of drug-likeness (QED) is 0.185. The zero-order valence-corrected chi connectivity index (χ0v) is 26.5. The summed E-state index contributed by atoms with van der Waals surface area (Å²) < 4.78 is 45.3. The first-order valence-corrected chi connectivity index (χ1v) is 17.4. The molecule has 0 saturated heterocycles. The molecule has 0 N–H and O–H groups in total. The van der Waals surface area contributed by atoms with Crippen LogP contribution in [0.2, 0.25) is 0 Å². The van der Waals surface area contributed by atoms with E-state index < -0.39 is 11.6 Å². The Hall–Kier alpha value is -2.55. The summed E-state index contributed by atoms with van der Waals surface area (Å²) >= 11 is 0. The lowest BCUT2D eigenvalue weighted by molar-refractivity contribution is 0.156. The standard InChI is InChI=1S/C40H51F3/c1-3-5-6-7-8-10-34-23-26-37(40(43)39(34)42)33-21-17-31(18-22-33)35-24-25-36(38(41)27-35)32-19-15-30(16-20-32)29-13-11-28(9-4-2)12-14-29/h17-18,21-30,32H,3-16,19-20H2,1-2H3. The number of unbranched alkanes of at least 4 members (excludes halogenated alkanes) is 4. The zero-order valence-electron chi connectivity index (χ0n) is 26.5. The first-order chi connectivity index (χ1) is 21.0. The third kappa shape index (κ3) is 7.95. The third-order valence-corrected chi connectivity index (χ3v) is 10.7. The molecule has 0 aliphatic heterocycles. The maximum Gasteiger partial charge on any atom is 0.166 e. The molecule has 2 aliphatic rings. The van der Waals surface area contributed by atoms with Crippen LogP contribution in [0.5, 0.6) is 0 Å². The van der Waals surface area contributed by atoms with E-state index in [0.717, 1.165) is 73.0 Å². The second-order valence-electron chi connectivity index (χ2n) is 13.6. The van der Waals surface area contributed by atoms with Crippen molar-refractivity contribution in [1.82, 2.24) is 0 Å². The van der Waals surface area contributed by atoms with E-state index in [4.69, 9.17) is 0 Å². The zero-order chi connectivity index (χ0) is 30.2. The molecule has 232 valence electrons. The van der Waals surface area contributed by atoms with Gasteiger partial charge in [0.15, 0.2) is 11.6 Å². The topological polar surface area (TPSA) is 0 Å². The molecule has 0 amide bonds. The van der Waals surface area contributed by atoms with Gasteiger partial charge in [0.05, 0.1) is 0 Å². The Bertz CT molecular complexity index is 1290. The van der Waals surface area contributed by atoms with Crippen LogP contribution in [0.25, 0.3) is 22.3 Å². The fourth-order valence-corrected chi connectivity index (χ4v) is 8.06. The summed E-state index contributed by atoms with van der Waals surface area (Å²) in [6, 6.07) is 16.4. The minimum Gasteiger partial charge on any atom is -0.207 e.